The highest BCUT2D eigenvalue weighted by molar-refractivity contribution is 5.92. The average Bonchev–Trinajstić information content (AvgIpc) is 2.92. The highest BCUT2D eigenvalue weighted by atomic mass is 19.4. The number of ether oxygens (including phenoxy) is 2. The Hall–Kier alpha value is -4.11. The molecule has 0 aliphatic heterocycles. The number of hydrogen-bond donors (Lipinski definition) is 0. The largest absolute Gasteiger partial charge is 0.453 e. The van der Waals surface area contributed by atoms with Gasteiger partial charge in [-0.25, -0.2) is 4.79 Å². The summed E-state index contributed by atoms with van der Waals surface area (Å²) >= 11 is 0. The van der Waals surface area contributed by atoms with Gasteiger partial charge in [0.15, 0.2) is 0 Å². The van der Waals surface area contributed by atoms with Gasteiger partial charge in [0.1, 0.15) is 17.1 Å². The predicted octanol–water partition coefficient (Wildman–Crippen LogP) is 9.17. The third-order valence-electron chi connectivity index (χ3n) is 7.43. The number of rotatable bonds is 10. The van der Waals surface area contributed by atoms with Crippen LogP contribution in [0.3, 0.4) is 0 Å². The molecule has 0 aliphatic rings. The molecule has 0 spiro atoms. The number of nitrogens with zero attached hydrogens (tertiary/aromatic N) is 1. The van der Waals surface area contributed by atoms with Crippen molar-refractivity contribution in [2.24, 2.45) is 11.8 Å². The third-order valence-corrected chi connectivity index (χ3v) is 7.43. The van der Waals surface area contributed by atoms with Crippen LogP contribution in [-0.2, 0) is 12.7 Å². The smallest absolute Gasteiger partial charge is 0.449 e. The van der Waals surface area contributed by atoms with Crippen LogP contribution in [0.25, 0.3) is 11.0 Å². The van der Waals surface area contributed by atoms with E-state index in [1.807, 2.05) is 47.6 Å². The highest BCUT2D eigenvalue weighted by Crippen LogP contribution is 2.41. The van der Waals surface area contributed by atoms with Gasteiger partial charge in [0.25, 0.3) is 5.76 Å². The molecular formula is C36H40F3NO5. The molecule has 45 heavy (non-hydrogen) atoms. The van der Waals surface area contributed by atoms with Crippen molar-refractivity contribution in [3.63, 3.8) is 0 Å². The van der Waals surface area contributed by atoms with Crippen LogP contribution in [0.5, 0.6) is 17.2 Å². The number of fused-ring (bicyclic) bond motifs is 1. The van der Waals surface area contributed by atoms with Crippen LogP contribution in [0, 0.1) is 39.5 Å². The molecule has 0 radical (unpaired) electrons. The lowest BCUT2D eigenvalue weighted by Crippen LogP contribution is -2.31. The summed E-state index contributed by atoms with van der Waals surface area (Å²) < 4.78 is 61.0. The first-order chi connectivity index (χ1) is 21.0. The molecule has 0 amide bonds. The zero-order valence-corrected chi connectivity index (χ0v) is 27.0. The van der Waals surface area contributed by atoms with Crippen molar-refractivity contribution in [1.29, 1.82) is 0 Å². The van der Waals surface area contributed by atoms with E-state index in [0.29, 0.717) is 18.7 Å². The van der Waals surface area contributed by atoms with Gasteiger partial charge in [0, 0.05) is 19.6 Å². The van der Waals surface area contributed by atoms with Gasteiger partial charge in [-0.05, 0) is 86.6 Å². The van der Waals surface area contributed by atoms with Gasteiger partial charge in [-0.15, -0.1) is 0 Å². The van der Waals surface area contributed by atoms with Crippen LogP contribution in [-0.4, -0.2) is 24.0 Å². The summed E-state index contributed by atoms with van der Waals surface area (Å²) in [5, 5.41) is -0.112. The quantitative estimate of drug-likeness (QED) is 0.130. The summed E-state index contributed by atoms with van der Waals surface area (Å²) in [5.74, 6) is -2.57. The summed E-state index contributed by atoms with van der Waals surface area (Å²) in [7, 11) is 0. The monoisotopic (exact) mass is 623 g/mol. The van der Waals surface area contributed by atoms with E-state index >= 15 is 0 Å². The number of halogens is 3. The van der Waals surface area contributed by atoms with Crippen molar-refractivity contribution in [2.75, 3.05) is 13.1 Å². The maximum Gasteiger partial charge on any atom is 0.453 e. The lowest BCUT2D eigenvalue weighted by atomic mass is 10.0. The predicted molar refractivity (Wildman–Crippen MR) is 169 cm³/mol. The maximum atomic E-state index is 14.6. The molecule has 0 unspecified atom stereocenters. The molecule has 6 nitrogen and oxygen atoms in total. The Kier molecular flexibility index (Phi) is 10.1. The molecule has 0 bridgehead atoms. The molecule has 3 aromatic carbocycles. The molecule has 0 atom stereocenters. The summed E-state index contributed by atoms with van der Waals surface area (Å²) in [6.45, 7) is 16.7. The standard InChI is InChI=1S/C36H40F3NO5/c1-20(2)17-40(18-21(3)4)19-28-29(44-35(42)26-11-9-22(5)10-12-26)14-13-27-31(41)33(34(36(37,38)39)45-32(27)28)43-30-16-23(6)15-24(7)25(30)8/h9-16,20-21H,17-19H2,1-8H3. The van der Waals surface area contributed by atoms with Gasteiger partial charge in [0.2, 0.25) is 11.2 Å². The van der Waals surface area contributed by atoms with Gasteiger partial charge >= 0.3 is 12.1 Å². The van der Waals surface area contributed by atoms with E-state index in [0.717, 1.165) is 16.7 Å². The number of carbonyl (C=O) groups is 1. The van der Waals surface area contributed by atoms with Gasteiger partial charge in [-0.3, -0.25) is 9.69 Å². The van der Waals surface area contributed by atoms with Crippen LogP contribution in [0.15, 0.2) is 57.7 Å². The van der Waals surface area contributed by atoms with Crippen molar-refractivity contribution >= 4 is 16.9 Å². The first kappa shape index (κ1) is 33.8. The molecule has 1 heterocycles. The second-order valence-corrected chi connectivity index (χ2v) is 12.6. The minimum atomic E-state index is -5.06. The summed E-state index contributed by atoms with van der Waals surface area (Å²) in [4.78, 5) is 29.1. The van der Waals surface area contributed by atoms with Crippen LogP contribution in [0.4, 0.5) is 13.2 Å². The summed E-state index contributed by atoms with van der Waals surface area (Å²) in [6, 6.07) is 13.0. The van der Waals surface area contributed by atoms with Crippen molar-refractivity contribution in [2.45, 2.75) is 68.1 Å². The lowest BCUT2D eigenvalue weighted by Gasteiger charge is -2.27. The molecule has 4 aromatic rings. The first-order valence-electron chi connectivity index (χ1n) is 15.0. The minimum Gasteiger partial charge on any atom is -0.449 e. The molecule has 1 aromatic heterocycles. The Morgan fingerprint density at radius 3 is 2.07 bits per heavy atom. The maximum absolute atomic E-state index is 14.6. The van der Waals surface area contributed by atoms with E-state index in [9.17, 15) is 22.8 Å². The minimum absolute atomic E-state index is 0.0145. The van der Waals surface area contributed by atoms with E-state index in [4.69, 9.17) is 13.9 Å². The number of benzene rings is 3. The van der Waals surface area contributed by atoms with Crippen LogP contribution in [0.1, 0.15) is 71.6 Å². The van der Waals surface area contributed by atoms with Crippen molar-refractivity contribution < 1.29 is 31.9 Å². The number of carbonyl (C=O) groups excluding carboxylic acids is 1. The lowest BCUT2D eigenvalue weighted by molar-refractivity contribution is -0.154. The van der Waals surface area contributed by atoms with Crippen molar-refractivity contribution in [1.82, 2.24) is 4.90 Å². The normalized spacial score (nSPS) is 12.0. The zero-order valence-electron chi connectivity index (χ0n) is 27.0. The van der Waals surface area contributed by atoms with E-state index in [1.165, 1.54) is 12.1 Å². The Morgan fingerprint density at radius 1 is 0.867 bits per heavy atom. The molecule has 0 saturated heterocycles. The Labute approximate surface area is 261 Å². The number of aryl methyl sites for hydroxylation is 3. The Morgan fingerprint density at radius 2 is 1.49 bits per heavy atom. The van der Waals surface area contributed by atoms with Crippen molar-refractivity contribution in [3.8, 4) is 17.2 Å². The zero-order chi connectivity index (χ0) is 33.2. The van der Waals surface area contributed by atoms with E-state index < -0.39 is 29.1 Å². The fraction of sp³-hybridized carbons (Fsp3) is 0.389. The topological polar surface area (TPSA) is 69.0 Å². The van der Waals surface area contributed by atoms with E-state index in [2.05, 4.69) is 4.90 Å². The third kappa shape index (κ3) is 7.95. The number of hydrogen-bond acceptors (Lipinski definition) is 6. The Bertz CT molecular complexity index is 1740. The molecule has 9 heteroatoms. The summed E-state index contributed by atoms with van der Waals surface area (Å²) in [6.07, 6.45) is -5.06. The van der Waals surface area contributed by atoms with Crippen LogP contribution >= 0.6 is 0 Å². The second-order valence-electron chi connectivity index (χ2n) is 12.6. The summed E-state index contributed by atoms with van der Waals surface area (Å²) in [5.41, 5.74) is 2.30. The molecule has 0 saturated carbocycles. The number of alkyl halides is 3. The SMILES string of the molecule is Cc1ccc(C(=O)Oc2ccc3c(=O)c(Oc4cc(C)cc(C)c4C)c(C(F)(F)F)oc3c2CN(CC(C)C)CC(C)C)cc1. The second kappa shape index (κ2) is 13.5. The average molecular weight is 624 g/mol. The number of esters is 1. The van der Waals surface area contributed by atoms with Crippen LogP contribution < -0.4 is 14.9 Å². The molecule has 240 valence electrons. The molecule has 0 aliphatic carbocycles. The molecule has 4 rings (SSSR count). The van der Waals surface area contributed by atoms with Gasteiger partial charge in [-0.2, -0.15) is 13.2 Å². The fourth-order valence-corrected chi connectivity index (χ4v) is 5.33. The van der Waals surface area contributed by atoms with E-state index in [-0.39, 0.29) is 52.0 Å². The van der Waals surface area contributed by atoms with Crippen LogP contribution in [0.2, 0.25) is 0 Å². The molecular weight excluding hydrogens is 583 g/mol. The van der Waals surface area contributed by atoms with Gasteiger partial charge in [0.05, 0.1) is 16.5 Å². The van der Waals surface area contributed by atoms with E-state index in [1.54, 1.807) is 44.2 Å². The molecule has 0 fully saturated rings. The van der Waals surface area contributed by atoms with Gasteiger partial charge in [-0.1, -0.05) is 51.5 Å². The van der Waals surface area contributed by atoms with Gasteiger partial charge < -0.3 is 13.9 Å². The fourth-order valence-electron chi connectivity index (χ4n) is 5.33. The first-order valence-corrected chi connectivity index (χ1v) is 15.0. The highest BCUT2D eigenvalue weighted by Gasteiger charge is 2.41. The molecule has 0 N–H and O–H groups in total. The Balaban J connectivity index is 1.96. The van der Waals surface area contributed by atoms with Crippen molar-refractivity contribution in [3.05, 3.63) is 97.9 Å².